The summed E-state index contributed by atoms with van der Waals surface area (Å²) in [5, 5.41) is 0. The maximum Gasteiger partial charge on any atom is 0.0727 e. The van der Waals surface area contributed by atoms with Crippen molar-refractivity contribution in [2.45, 2.75) is 45.4 Å². The lowest BCUT2D eigenvalue weighted by atomic mass is 9.98. The molecule has 1 saturated heterocycles. The first-order valence-corrected chi connectivity index (χ1v) is 6.64. The van der Waals surface area contributed by atoms with Crippen LogP contribution in [0.15, 0.2) is 0 Å². The number of nitrogens with zero attached hydrogens (tertiary/aromatic N) is 1. The Balaban J connectivity index is 2.16. The third-order valence-electron chi connectivity index (χ3n) is 3.42. The third-order valence-corrected chi connectivity index (χ3v) is 3.62. The molecule has 0 aromatic carbocycles. The van der Waals surface area contributed by atoms with Gasteiger partial charge in [0.15, 0.2) is 0 Å². The first-order valence-electron chi connectivity index (χ1n) is 6.23. The summed E-state index contributed by atoms with van der Waals surface area (Å²) in [5.41, 5.74) is 5.50. The van der Waals surface area contributed by atoms with Crippen molar-refractivity contribution in [3.8, 4) is 0 Å². The van der Waals surface area contributed by atoms with Crippen molar-refractivity contribution < 1.29 is 0 Å². The first-order chi connectivity index (χ1) is 7.22. The van der Waals surface area contributed by atoms with Gasteiger partial charge >= 0.3 is 0 Å². The molecular formula is C12H24N2S. The fraction of sp³-hybridized carbons (Fsp3) is 0.917. The van der Waals surface area contributed by atoms with Gasteiger partial charge in [-0.3, -0.25) is 0 Å². The highest BCUT2D eigenvalue weighted by Crippen LogP contribution is 2.20. The van der Waals surface area contributed by atoms with E-state index in [0.717, 1.165) is 18.8 Å². The monoisotopic (exact) mass is 228 g/mol. The molecule has 1 atom stereocenters. The second-order valence-electron chi connectivity index (χ2n) is 4.62. The molecule has 0 saturated carbocycles. The van der Waals surface area contributed by atoms with Crippen molar-refractivity contribution in [2.75, 3.05) is 19.6 Å². The smallest absolute Gasteiger partial charge is 0.0727 e. The van der Waals surface area contributed by atoms with Crippen LogP contribution < -0.4 is 5.73 Å². The van der Waals surface area contributed by atoms with Crippen LogP contribution in [0.25, 0.3) is 0 Å². The summed E-state index contributed by atoms with van der Waals surface area (Å²) in [6.07, 6.45) is 7.55. The topological polar surface area (TPSA) is 29.3 Å². The molecule has 0 aromatic heterocycles. The van der Waals surface area contributed by atoms with Gasteiger partial charge in [0.2, 0.25) is 0 Å². The Morgan fingerprint density at radius 3 is 2.87 bits per heavy atom. The molecule has 2 nitrogen and oxygen atoms in total. The van der Waals surface area contributed by atoms with Gasteiger partial charge < -0.3 is 10.6 Å². The van der Waals surface area contributed by atoms with Crippen molar-refractivity contribution in [1.82, 2.24) is 4.90 Å². The van der Waals surface area contributed by atoms with Crippen molar-refractivity contribution in [2.24, 2.45) is 11.7 Å². The Labute approximate surface area is 99.2 Å². The van der Waals surface area contributed by atoms with Crippen LogP contribution >= 0.6 is 12.2 Å². The molecule has 2 N–H and O–H groups in total. The van der Waals surface area contributed by atoms with Crippen LogP contribution in [0.2, 0.25) is 0 Å². The van der Waals surface area contributed by atoms with E-state index in [-0.39, 0.29) is 0 Å². The Bertz CT molecular complexity index is 194. The van der Waals surface area contributed by atoms with E-state index < -0.39 is 0 Å². The minimum atomic E-state index is 0.663. The number of thiocarbonyl (C=S) groups is 1. The van der Waals surface area contributed by atoms with Crippen LogP contribution in [0.3, 0.4) is 0 Å². The van der Waals surface area contributed by atoms with Gasteiger partial charge in [0.25, 0.3) is 0 Å². The fourth-order valence-corrected chi connectivity index (χ4v) is 2.48. The molecule has 0 spiro atoms. The molecule has 0 amide bonds. The normalized spacial score (nSPS) is 23.7. The highest BCUT2D eigenvalue weighted by molar-refractivity contribution is 7.80. The lowest BCUT2D eigenvalue weighted by Crippen LogP contribution is -2.26. The molecule has 1 aliphatic heterocycles. The second-order valence-corrected chi connectivity index (χ2v) is 5.14. The van der Waals surface area contributed by atoms with Crippen LogP contribution in [-0.4, -0.2) is 29.5 Å². The lowest BCUT2D eigenvalue weighted by Gasteiger charge is -2.19. The molecule has 1 unspecified atom stereocenters. The fourth-order valence-electron chi connectivity index (χ4n) is 2.33. The van der Waals surface area contributed by atoms with Gasteiger partial charge in [-0.25, -0.2) is 0 Å². The zero-order valence-electron chi connectivity index (χ0n) is 9.87. The van der Waals surface area contributed by atoms with E-state index in [1.807, 2.05) is 0 Å². The molecule has 1 heterocycles. The van der Waals surface area contributed by atoms with Crippen LogP contribution in [0.1, 0.15) is 45.4 Å². The second kappa shape index (κ2) is 7.18. The highest BCUT2D eigenvalue weighted by Gasteiger charge is 2.14. The molecule has 0 aromatic rings. The standard InChI is InChI=1S/C12H24N2S/c1-2-11-5-3-8-14(10-7-11)9-4-6-12(13)15/h11H,2-10H2,1H3,(H2,13,15). The summed E-state index contributed by atoms with van der Waals surface area (Å²) in [4.78, 5) is 3.24. The SMILES string of the molecule is CCC1CCCN(CCCC(N)=S)CC1. The number of rotatable bonds is 5. The van der Waals surface area contributed by atoms with Gasteiger partial charge in [0.05, 0.1) is 4.99 Å². The lowest BCUT2D eigenvalue weighted by molar-refractivity contribution is 0.278. The van der Waals surface area contributed by atoms with E-state index in [1.165, 1.54) is 45.3 Å². The van der Waals surface area contributed by atoms with Gasteiger partial charge in [0.1, 0.15) is 0 Å². The summed E-state index contributed by atoms with van der Waals surface area (Å²) in [5.74, 6) is 0.964. The predicted octanol–water partition coefficient (Wildman–Crippen LogP) is 2.56. The van der Waals surface area contributed by atoms with Crippen LogP contribution in [0, 0.1) is 5.92 Å². The molecule has 1 rings (SSSR count). The van der Waals surface area contributed by atoms with Crippen molar-refractivity contribution in [1.29, 1.82) is 0 Å². The van der Waals surface area contributed by atoms with Crippen LogP contribution in [0.4, 0.5) is 0 Å². The van der Waals surface area contributed by atoms with Crippen molar-refractivity contribution in [3.63, 3.8) is 0 Å². The van der Waals surface area contributed by atoms with Gasteiger partial charge in [-0.15, -0.1) is 0 Å². The van der Waals surface area contributed by atoms with E-state index in [4.69, 9.17) is 18.0 Å². The first kappa shape index (κ1) is 12.9. The number of likely N-dealkylation sites (tertiary alicyclic amines) is 1. The van der Waals surface area contributed by atoms with Gasteiger partial charge in [-0.1, -0.05) is 25.6 Å². The molecule has 88 valence electrons. The van der Waals surface area contributed by atoms with Gasteiger partial charge in [-0.05, 0) is 57.7 Å². The highest BCUT2D eigenvalue weighted by atomic mass is 32.1. The van der Waals surface area contributed by atoms with E-state index in [9.17, 15) is 0 Å². The summed E-state index contributed by atoms with van der Waals surface area (Å²) >= 11 is 4.89. The number of nitrogens with two attached hydrogens (primary N) is 1. The van der Waals surface area contributed by atoms with Gasteiger partial charge in [0, 0.05) is 0 Å². The summed E-state index contributed by atoms with van der Waals surface area (Å²) in [6.45, 7) is 6.03. The van der Waals surface area contributed by atoms with Crippen LogP contribution in [-0.2, 0) is 0 Å². The summed E-state index contributed by atoms with van der Waals surface area (Å²) in [7, 11) is 0. The Hall–Kier alpha value is -0.150. The Morgan fingerprint density at radius 1 is 1.40 bits per heavy atom. The molecule has 15 heavy (non-hydrogen) atoms. The minimum Gasteiger partial charge on any atom is -0.393 e. The number of hydrogen-bond acceptors (Lipinski definition) is 2. The summed E-state index contributed by atoms with van der Waals surface area (Å²) < 4.78 is 0. The Kier molecular flexibility index (Phi) is 6.18. The molecule has 1 aliphatic rings. The van der Waals surface area contributed by atoms with E-state index in [2.05, 4.69) is 11.8 Å². The zero-order chi connectivity index (χ0) is 11.1. The largest absolute Gasteiger partial charge is 0.393 e. The predicted molar refractivity (Wildman–Crippen MR) is 70.1 cm³/mol. The zero-order valence-corrected chi connectivity index (χ0v) is 10.7. The maximum atomic E-state index is 5.50. The molecule has 0 radical (unpaired) electrons. The Morgan fingerprint density at radius 2 is 2.20 bits per heavy atom. The van der Waals surface area contributed by atoms with E-state index in [0.29, 0.717) is 4.99 Å². The maximum absolute atomic E-state index is 5.50. The van der Waals surface area contributed by atoms with Gasteiger partial charge in [-0.2, -0.15) is 0 Å². The molecule has 1 fully saturated rings. The average molecular weight is 228 g/mol. The minimum absolute atomic E-state index is 0.663. The molecule has 0 bridgehead atoms. The number of hydrogen-bond donors (Lipinski definition) is 1. The van der Waals surface area contributed by atoms with E-state index >= 15 is 0 Å². The van der Waals surface area contributed by atoms with Crippen molar-refractivity contribution >= 4 is 17.2 Å². The molecule has 0 aliphatic carbocycles. The summed E-state index contributed by atoms with van der Waals surface area (Å²) in [6, 6.07) is 0. The average Bonchev–Trinajstić information content (AvgIpc) is 2.42. The molecular weight excluding hydrogens is 204 g/mol. The van der Waals surface area contributed by atoms with E-state index in [1.54, 1.807) is 0 Å². The van der Waals surface area contributed by atoms with Crippen molar-refractivity contribution in [3.05, 3.63) is 0 Å². The quantitative estimate of drug-likeness (QED) is 0.733. The molecule has 3 heteroatoms. The third kappa shape index (κ3) is 5.47. The van der Waals surface area contributed by atoms with Crippen LogP contribution in [0.5, 0.6) is 0 Å².